The van der Waals surface area contributed by atoms with E-state index in [9.17, 15) is 9.90 Å². The number of amides is 1. The Hall–Kier alpha value is -1.05. The van der Waals surface area contributed by atoms with Gasteiger partial charge in [-0.3, -0.25) is 4.79 Å². The molecule has 2 atom stereocenters. The van der Waals surface area contributed by atoms with Crippen LogP contribution in [0.1, 0.15) is 10.4 Å². The van der Waals surface area contributed by atoms with Crippen molar-refractivity contribution in [2.45, 2.75) is 6.10 Å². The number of hydrogen-bond donors (Lipinski definition) is 3. The quantitative estimate of drug-likeness (QED) is 0.652. The summed E-state index contributed by atoms with van der Waals surface area (Å²) in [4.78, 5) is 14.3. The zero-order valence-corrected chi connectivity index (χ0v) is 15.7. The summed E-state index contributed by atoms with van der Waals surface area (Å²) in [6.45, 7) is 3.09. The molecule has 0 radical (unpaired) electrons. The SMILES string of the molecule is CN(C)CCOc1ccccc1C(=O)NCC1CNCC1O.Cl.Cl. The van der Waals surface area contributed by atoms with Crippen LogP contribution in [0.25, 0.3) is 0 Å². The largest absolute Gasteiger partial charge is 0.491 e. The van der Waals surface area contributed by atoms with Gasteiger partial charge in [0.2, 0.25) is 0 Å². The third-order valence-electron chi connectivity index (χ3n) is 3.76. The number of likely N-dealkylation sites (N-methyl/N-ethyl adjacent to an activating group) is 1. The maximum Gasteiger partial charge on any atom is 0.255 e. The summed E-state index contributed by atoms with van der Waals surface area (Å²) in [5.41, 5.74) is 0.529. The van der Waals surface area contributed by atoms with Crippen molar-refractivity contribution in [3.05, 3.63) is 29.8 Å². The van der Waals surface area contributed by atoms with Gasteiger partial charge < -0.3 is 25.4 Å². The van der Waals surface area contributed by atoms with E-state index < -0.39 is 6.10 Å². The first kappa shape index (κ1) is 22.9. The predicted octanol–water partition coefficient (Wildman–Crippen LogP) is 0.781. The van der Waals surface area contributed by atoms with Crippen LogP contribution in [0, 0.1) is 5.92 Å². The molecule has 3 N–H and O–H groups in total. The van der Waals surface area contributed by atoms with E-state index in [1.807, 2.05) is 31.1 Å². The van der Waals surface area contributed by atoms with Crippen LogP contribution < -0.4 is 15.4 Å². The smallest absolute Gasteiger partial charge is 0.255 e. The van der Waals surface area contributed by atoms with E-state index in [1.165, 1.54) is 0 Å². The first-order chi connectivity index (χ1) is 10.6. The number of rotatable bonds is 7. The average molecular weight is 380 g/mol. The van der Waals surface area contributed by atoms with Crippen LogP contribution >= 0.6 is 24.8 Å². The van der Waals surface area contributed by atoms with Crippen molar-refractivity contribution in [2.24, 2.45) is 5.92 Å². The Morgan fingerprint density at radius 3 is 2.67 bits per heavy atom. The number of aliphatic hydroxyl groups is 1. The molecule has 1 aliphatic heterocycles. The van der Waals surface area contributed by atoms with Crippen LogP contribution in [0.5, 0.6) is 5.75 Å². The summed E-state index contributed by atoms with van der Waals surface area (Å²) in [6, 6.07) is 7.23. The van der Waals surface area contributed by atoms with Crippen LogP contribution in [-0.4, -0.2) is 68.9 Å². The summed E-state index contributed by atoms with van der Waals surface area (Å²) < 4.78 is 5.70. The van der Waals surface area contributed by atoms with Crippen molar-refractivity contribution in [1.29, 1.82) is 0 Å². The molecule has 0 saturated carbocycles. The highest BCUT2D eigenvalue weighted by Gasteiger charge is 2.25. The minimum absolute atomic E-state index is 0. The highest BCUT2D eigenvalue weighted by atomic mass is 35.5. The van der Waals surface area contributed by atoms with Gasteiger partial charge in [-0.05, 0) is 26.2 Å². The fourth-order valence-corrected chi connectivity index (χ4v) is 2.36. The number of nitrogens with one attached hydrogen (secondary N) is 2. The monoisotopic (exact) mass is 379 g/mol. The second kappa shape index (κ2) is 11.5. The Morgan fingerprint density at radius 1 is 1.33 bits per heavy atom. The molecule has 2 rings (SSSR count). The Morgan fingerprint density at radius 2 is 2.04 bits per heavy atom. The minimum atomic E-state index is -0.396. The number of β-amino-alcohol motifs (C(OH)–C–C–N with tert-alkyl or cyclic N) is 1. The van der Waals surface area contributed by atoms with Crippen LogP contribution in [0.4, 0.5) is 0 Å². The third kappa shape index (κ3) is 6.83. The molecule has 1 fully saturated rings. The number of ether oxygens (including phenoxy) is 1. The third-order valence-corrected chi connectivity index (χ3v) is 3.76. The summed E-state index contributed by atoms with van der Waals surface area (Å²) in [5.74, 6) is 0.484. The van der Waals surface area contributed by atoms with Crippen LogP contribution in [0.15, 0.2) is 24.3 Å². The second-order valence-corrected chi connectivity index (χ2v) is 5.84. The van der Waals surface area contributed by atoms with E-state index in [0.29, 0.717) is 31.0 Å². The van der Waals surface area contributed by atoms with Crippen LogP contribution in [0.2, 0.25) is 0 Å². The lowest BCUT2D eigenvalue weighted by Gasteiger charge is -2.16. The standard InChI is InChI=1S/C16H25N3O3.2ClH/c1-19(2)7-8-22-15-6-4-3-5-13(15)16(21)18-10-12-9-17-11-14(12)20;;/h3-6,12,14,17,20H,7-11H2,1-2H3,(H,18,21);2*1H. The van der Waals surface area contributed by atoms with Gasteiger partial charge in [0.1, 0.15) is 12.4 Å². The van der Waals surface area contributed by atoms with Crippen molar-refractivity contribution in [1.82, 2.24) is 15.5 Å². The molecule has 1 heterocycles. The van der Waals surface area contributed by atoms with Gasteiger partial charge in [0, 0.05) is 32.1 Å². The molecular formula is C16H27Cl2N3O3. The highest BCUT2D eigenvalue weighted by Crippen LogP contribution is 2.18. The van der Waals surface area contributed by atoms with E-state index in [2.05, 4.69) is 10.6 Å². The van der Waals surface area contributed by atoms with E-state index in [4.69, 9.17) is 4.74 Å². The zero-order valence-electron chi connectivity index (χ0n) is 14.0. The maximum atomic E-state index is 12.3. The van der Waals surface area contributed by atoms with E-state index in [1.54, 1.807) is 12.1 Å². The molecule has 1 saturated heterocycles. The summed E-state index contributed by atoms with van der Waals surface area (Å²) in [6.07, 6.45) is -0.396. The molecule has 0 spiro atoms. The summed E-state index contributed by atoms with van der Waals surface area (Å²) >= 11 is 0. The number of para-hydroxylation sites is 1. The van der Waals surface area contributed by atoms with Gasteiger partial charge >= 0.3 is 0 Å². The number of carbonyl (C=O) groups excluding carboxylic acids is 1. The molecule has 0 aromatic heterocycles. The summed E-state index contributed by atoms with van der Waals surface area (Å²) in [5, 5.41) is 15.7. The normalized spacial score (nSPS) is 19.3. The molecule has 0 bridgehead atoms. The van der Waals surface area contributed by atoms with Gasteiger partial charge in [-0.25, -0.2) is 0 Å². The molecular weight excluding hydrogens is 353 g/mol. The van der Waals surface area contributed by atoms with Crippen molar-refractivity contribution in [3.8, 4) is 5.75 Å². The lowest BCUT2D eigenvalue weighted by molar-refractivity contribution is 0.0923. The van der Waals surface area contributed by atoms with Gasteiger partial charge in [-0.15, -0.1) is 24.8 Å². The predicted molar refractivity (Wildman–Crippen MR) is 99.7 cm³/mol. The fraction of sp³-hybridized carbons (Fsp3) is 0.562. The molecule has 1 amide bonds. The van der Waals surface area contributed by atoms with Gasteiger partial charge in [0.05, 0.1) is 11.7 Å². The first-order valence-corrected chi connectivity index (χ1v) is 7.61. The number of carbonyl (C=O) groups is 1. The van der Waals surface area contributed by atoms with Gasteiger partial charge in [-0.1, -0.05) is 12.1 Å². The van der Waals surface area contributed by atoms with Gasteiger partial charge in [0.15, 0.2) is 0 Å². The van der Waals surface area contributed by atoms with E-state index >= 15 is 0 Å². The molecule has 6 nitrogen and oxygen atoms in total. The Labute approximate surface area is 155 Å². The molecule has 2 unspecified atom stereocenters. The zero-order chi connectivity index (χ0) is 15.9. The molecule has 0 aliphatic carbocycles. The second-order valence-electron chi connectivity index (χ2n) is 5.84. The van der Waals surface area contributed by atoms with Gasteiger partial charge in [-0.2, -0.15) is 0 Å². The first-order valence-electron chi connectivity index (χ1n) is 7.61. The minimum Gasteiger partial charge on any atom is -0.491 e. The van der Waals surface area contributed by atoms with Gasteiger partial charge in [0.25, 0.3) is 5.91 Å². The van der Waals surface area contributed by atoms with E-state index in [-0.39, 0.29) is 36.6 Å². The van der Waals surface area contributed by atoms with E-state index in [0.717, 1.165) is 13.1 Å². The number of halogens is 2. The topological polar surface area (TPSA) is 73.8 Å². The van der Waals surface area contributed by atoms with Crippen LogP contribution in [0.3, 0.4) is 0 Å². The Kier molecular flexibility index (Phi) is 11.0. The summed E-state index contributed by atoms with van der Waals surface area (Å²) in [7, 11) is 3.95. The van der Waals surface area contributed by atoms with Crippen molar-refractivity contribution in [3.63, 3.8) is 0 Å². The average Bonchev–Trinajstić information content (AvgIpc) is 2.90. The van der Waals surface area contributed by atoms with Crippen molar-refractivity contribution >= 4 is 30.7 Å². The molecule has 1 aliphatic rings. The fourth-order valence-electron chi connectivity index (χ4n) is 2.36. The molecule has 8 heteroatoms. The van der Waals surface area contributed by atoms with Crippen molar-refractivity contribution in [2.75, 3.05) is 46.9 Å². The lowest BCUT2D eigenvalue weighted by atomic mass is 10.1. The molecule has 138 valence electrons. The molecule has 24 heavy (non-hydrogen) atoms. The lowest BCUT2D eigenvalue weighted by Crippen LogP contribution is -2.34. The maximum absolute atomic E-state index is 12.3. The Balaban J connectivity index is 0.00000264. The highest BCUT2D eigenvalue weighted by molar-refractivity contribution is 5.96. The number of benzene rings is 1. The number of hydrogen-bond acceptors (Lipinski definition) is 5. The number of nitrogens with zero attached hydrogens (tertiary/aromatic N) is 1. The molecule has 1 aromatic carbocycles. The number of aliphatic hydroxyl groups excluding tert-OH is 1. The van der Waals surface area contributed by atoms with Crippen molar-refractivity contribution < 1.29 is 14.6 Å². The van der Waals surface area contributed by atoms with Crippen LogP contribution in [-0.2, 0) is 0 Å². The Bertz CT molecular complexity index is 503. The molecule has 1 aromatic rings.